The van der Waals surface area contributed by atoms with Gasteiger partial charge in [0.1, 0.15) is 0 Å². The van der Waals surface area contributed by atoms with Crippen LogP contribution in [0.2, 0.25) is 0 Å². The number of nitrogens with zero attached hydrogens (tertiary/aromatic N) is 1. The predicted octanol–water partition coefficient (Wildman–Crippen LogP) is 4.54. The summed E-state index contributed by atoms with van der Waals surface area (Å²) in [7, 11) is 1.88. The molecule has 0 aromatic carbocycles. The summed E-state index contributed by atoms with van der Waals surface area (Å²) in [6, 6.07) is 2.07. The van der Waals surface area contributed by atoms with Crippen molar-refractivity contribution in [3.8, 4) is 0 Å². The second kappa shape index (κ2) is 6.20. The Hall–Kier alpha value is -0.350. The zero-order valence-electron chi connectivity index (χ0n) is 11.8. The first-order valence-corrected chi connectivity index (χ1v) is 7.84. The summed E-state index contributed by atoms with van der Waals surface area (Å²) < 4.78 is 1.11. The molecule has 1 amide bonds. The van der Waals surface area contributed by atoms with Crippen LogP contribution in [0, 0.1) is 11.3 Å². The highest BCUT2D eigenvalue weighted by Crippen LogP contribution is 2.28. The van der Waals surface area contributed by atoms with Crippen LogP contribution in [-0.4, -0.2) is 17.9 Å². The van der Waals surface area contributed by atoms with Gasteiger partial charge in [0.15, 0.2) is 0 Å². The van der Waals surface area contributed by atoms with Crippen LogP contribution in [-0.2, 0) is 11.3 Å². The van der Waals surface area contributed by atoms with Gasteiger partial charge >= 0.3 is 0 Å². The fourth-order valence-electron chi connectivity index (χ4n) is 1.51. The summed E-state index contributed by atoms with van der Waals surface area (Å²) >= 11 is 5.10. The van der Waals surface area contributed by atoms with E-state index in [4.69, 9.17) is 0 Å². The van der Waals surface area contributed by atoms with E-state index in [2.05, 4.69) is 55.1 Å². The van der Waals surface area contributed by atoms with Crippen molar-refractivity contribution in [3.05, 3.63) is 20.8 Å². The molecule has 0 saturated carbocycles. The molecule has 1 aromatic rings. The summed E-state index contributed by atoms with van der Waals surface area (Å²) in [5.41, 5.74) is 1.37. The minimum absolute atomic E-state index is 0.182. The van der Waals surface area contributed by atoms with Crippen LogP contribution in [0.4, 0.5) is 0 Å². The Morgan fingerprint density at radius 2 is 2.11 bits per heavy atom. The van der Waals surface area contributed by atoms with Crippen molar-refractivity contribution in [1.29, 1.82) is 0 Å². The first-order valence-electron chi connectivity index (χ1n) is 6.17. The Bertz CT molecular complexity index is 408. The van der Waals surface area contributed by atoms with E-state index in [1.165, 1.54) is 5.56 Å². The first-order chi connectivity index (χ1) is 8.20. The maximum absolute atomic E-state index is 12.1. The Balaban J connectivity index is 2.52. The van der Waals surface area contributed by atoms with Gasteiger partial charge in [0.2, 0.25) is 5.91 Å². The highest BCUT2D eigenvalue weighted by atomic mass is 79.9. The molecule has 0 aliphatic heterocycles. The molecule has 0 N–H and O–H groups in total. The molecule has 0 aliphatic rings. The fourth-order valence-corrected chi connectivity index (χ4v) is 2.72. The second-order valence-electron chi connectivity index (χ2n) is 5.98. The highest BCUT2D eigenvalue weighted by Gasteiger charge is 2.24. The van der Waals surface area contributed by atoms with Crippen LogP contribution < -0.4 is 0 Å². The molecule has 1 atom stereocenters. The summed E-state index contributed by atoms with van der Waals surface area (Å²) in [6.45, 7) is 9.38. The van der Waals surface area contributed by atoms with E-state index in [-0.39, 0.29) is 11.3 Å². The topological polar surface area (TPSA) is 20.3 Å². The van der Waals surface area contributed by atoms with Gasteiger partial charge in [0.05, 0.1) is 3.79 Å². The molecule has 0 bridgehead atoms. The van der Waals surface area contributed by atoms with Crippen molar-refractivity contribution in [3.63, 3.8) is 0 Å². The molecule has 102 valence electrons. The maximum atomic E-state index is 12.1. The van der Waals surface area contributed by atoms with Gasteiger partial charge in [-0.1, -0.05) is 27.7 Å². The fraction of sp³-hybridized carbons (Fsp3) is 0.643. The minimum atomic E-state index is 0.182. The number of hydrogen-bond acceptors (Lipinski definition) is 2. The van der Waals surface area contributed by atoms with Crippen molar-refractivity contribution in [2.45, 2.75) is 40.7 Å². The van der Waals surface area contributed by atoms with E-state index in [0.717, 1.165) is 3.79 Å². The molecule has 1 rings (SSSR count). The van der Waals surface area contributed by atoms with Crippen LogP contribution in [0.25, 0.3) is 0 Å². The molecule has 0 fully saturated rings. The number of halogens is 1. The molecule has 1 aromatic heterocycles. The number of thiophene rings is 1. The predicted molar refractivity (Wildman–Crippen MR) is 81.7 cm³/mol. The Morgan fingerprint density at radius 1 is 1.50 bits per heavy atom. The van der Waals surface area contributed by atoms with Crippen molar-refractivity contribution < 1.29 is 4.79 Å². The van der Waals surface area contributed by atoms with Crippen LogP contribution in [0.5, 0.6) is 0 Å². The number of hydrogen-bond donors (Lipinski definition) is 0. The first kappa shape index (κ1) is 15.7. The normalized spacial score (nSPS) is 13.4. The zero-order valence-corrected chi connectivity index (χ0v) is 14.2. The molecule has 0 spiro atoms. The van der Waals surface area contributed by atoms with Crippen molar-refractivity contribution in [2.75, 3.05) is 7.05 Å². The SMILES string of the molecule is CC(CC(=O)N(C)Cc1csc(Br)c1)C(C)(C)C. The molecule has 1 heterocycles. The summed E-state index contributed by atoms with van der Waals surface area (Å²) in [4.78, 5) is 13.9. The lowest BCUT2D eigenvalue weighted by Crippen LogP contribution is -2.30. The van der Waals surface area contributed by atoms with Crippen molar-refractivity contribution in [1.82, 2.24) is 4.90 Å². The van der Waals surface area contributed by atoms with Crippen molar-refractivity contribution in [2.24, 2.45) is 11.3 Å². The minimum Gasteiger partial charge on any atom is -0.341 e. The lowest BCUT2D eigenvalue weighted by atomic mass is 9.80. The van der Waals surface area contributed by atoms with Gasteiger partial charge < -0.3 is 4.90 Å². The molecule has 0 aliphatic carbocycles. The standard InChI is InChI=1S/C14H22BrNOS/c1-10(14(2,3)4)6-13(17)16(5)8-11-7-12(15)18-9-11/h7,9-10H,6,8H2,1-5H3. The molecule has 1 unspecified atom stereocenters. The zero-order chi connectivity index (χ0) is 13.9. The number of amides is 1. The molecule has 0 saturated heterocycles. The third-order valence-corrected chi connectivity index (χ3v) is 4.98. The van der Waals surface area contributed by atoms with Crippen LogP contribution in [0.3, 0.4) is 0 Å². The third-order valence-electron chi connectivity index (χ3n) is 3.43. The average molecular weight is 332 g/mol. The van der Waals surface area contributed by atoms with Gasteiger partial charge in [-0.3, -0.25) is 4.79 Å². The summed E-state index contributed by atoms with van der Waals surface area (Å²) in [5.74, 6) is 0.612. The van der Waals surface area contributed by atoms with Gasteiger partial charge in [-0.25, -0.2) is 0 Å². The Labute approximate surface area is 123 Å². The van der Waals surface area contributed by atoms with Gasteiger partial charge in [-0.15, -0.1) is 11.3 Å². The van der Waals surface area contributed by atoms with Gasteiger partial charge in [0, 0.05) is 20.0 Å². The van der Waals surface area contributed by atoms with Gasteiger partial charge in [-0.2, -0.15) is 0 Å². The molecular formula is C14H22BrNOS. The molecule has 0 radical (unpaired) electrons. The van der Waals surface area contributed by atoms with Crippen LogP contribution in [0.15, 0.2) is 15.2 Å². The number of carbonyl (C=O) groups excluding carboxylic acids is 1. The Kier molecular flexibility index (Phi) is 5.41. The largest absolute Gasteiger partial charge is 0.341 e. The van der Waals surface area contributed by atoms with Gasteiger partial charge in [0.25, 0.3) is 0 Å². The second-order valence-corrected chi connectivity index (χ2v) is 8.27. The maximum Gasteiger partial charge on any atom is 0.222 e. The van der Waals surface area contributed by atoms with E-state index >= 15 is 0 Å². The number of carbonyl (C=O) groups is 1. The van der Waals surface area contributed by atoms with E-state index < -0.39 is 0 Å². The van der Waals surface area contributed by atoms with E-state index in [9.17, 15) is 4.79 Å². The van der Waals surface area contributed by atoms with E-state index in [0.29, 0.717) is 18.9 Å². The quantitative estimate of drug-likeness (QED) is 0.793. The molecule has 18 heavy (non-hydrogen) atoms. The molecule has 4 heteroatoms. The van der Waals surface area contributed by atoms with E-state index in [1.807, 2.05) is 11.9 Å². The summed E-state index contributed by atoms with van der Waals surface area (Å²) in [5, 5.41) is 2.08. The molecule has 2 nitrogen and oxygen atoms in total. The van der Waals surface area contributed by atoms with Crippen LogP contribution in [0.1, 0.15) is 39.7 Å². The third kappa shape index (κ3) is 4.73. The van der Waals surface area contributed by atoms with Gasteiger partial charge in [-0.05, 0) is 44.3 Å². The molecular weight excluding hydrogens is 310 g/mol. The van der Waals surface area contributed by atoms with Crippen LogP contribution >= 0.6 is 27.3 Å². The lowest BCUT2D eigenvalue weighted by Gasteiger charge is -2.28. The monoisotopic (exact) mass is 331 g/mol. The number of rotatable bonds is 4. The van der Waals surface area contributed by atoms with Crippen molar-refractivity contribution >= 4 is 33.2 Å². The Morgan fingerprint density at radius 3 is 2.56 bits per heavy atom. The smallest absolute Gasteiger partial charge is 0.222 e. The summed E-state index contributed by atoms with van der Waals surface area (Å²) in [6.07, 6.45) is 0.616. The highest BCUT2D eigenvalue weighted by molar-refractivity contribution is 9.11. The van der Waals surface area contributed by atoms with E-state index in [1.54, 1.807) is 11.3 Å². The average Bonchev–Trinajstić information content (AvgIpc) is 2.62. The lowest BCUT2D eigenvalue weighted by molar-refractivity contribution is -0.132.